The number of methoxy groups -OCH3 is 1. The van der Waals surface area contributed by atoms with Gasteiger partial charge in [-0.1, -0.05) is 6.07 Å². The predicted molar refractivity (Wildman–Crippen MR) is 61.8 cm³/mol. The summed E-state index contributed by atoms with van der Waals surface area (Å²) < 4.78 is 6.04. The molecular weight excluding hydrogens is 295 g/mol. The number of hydrogen-bond donors (Lipinski definition) is 1. The predicted octanol–water partition coefficient (Wildman–Crippen LogP) is 2.49. The zero-order valence-electron chi connectivity index (χ0n) is 7.95. The third kappa shape index (κ3) is 2.17. The summed E-state index contributed by atoms with van der Waals surface area (Å²) >= 11 is 2.11. The molecule has 1 aromatic rings. The fourth-order valence-corrected chi connectivity index (χ4v) is 2.18. The first-order valence-electron chi connectivity index (χ1n) is 4.13. The summed E-state index contributed by atoms with van der Waals surface area (Å²) in [7, 11) is 1.55. The molecule has 1 rings (SSSR count). The number of halogens is 1. The molecule has 0 aromatic heterocycles. The largest absolute Gasteiger partial charge is 0.496 e. The van der Waals surface area contributed by atoms with E-state index in [-0.39, 0.29) is 0 Å². The lowest BCUT2D eigenvalue weighted by Crippen LogP contribution is -2.10. The molecule has 0 aliphatic carbocycles. The quantitative estimate of drug-likeness (QED) is 0.873. The van der Waals surface area contributed by atoms with Crippen LogP contribution in [0.1, 0.15) is 18.4 Å². The minimum atomic E-state index is -0.840. The molecular formula is C10H11IO3. The van der Waals surface area contributed by atoms with Crippen LogP contribution in [0, 0.1) is 3.57 Å². The van der Waals surface area contributed by atoms with E-state index in [1.54, 1.807) is 20.1 Å². The van der Waals surface area contributed by atoms with Gasteiger partial charge in [-0.3, -0.25) is 4.79 Å². The van der Waals surface area contributed by atoms with E-state index in [1.807, 2.05) is 12.1 Å². The molecule has 0 aliphatic heterocycles. The van der Waals surface area contributed by atoms with Crippen LogP contribution >= 0.6 is 22.6 Å². The van der Waals surface area contributed by atoms with Gasteiger partial charge in [-0.15, -0.1) is 0 Å². The van der Waals surface area contributed by atoms with E-state index < -0.39 is 11.9 Å². The molecule has 0 radical (unpaired) electrons. The van der Waals surface area contributed by atoms with Crippen molar-refractivity contribution in [2.45, 2.75) is 12.8 Å². The van der Waals surface area contributed by atoms with Crippen LogP contribution in [0.25, 0.3) is 0 Å². The van der Waals surface area contributed by atoms with E-state index in [1.165, 1.54) is 0 Å². The zero-order chi connectivity index (χ0) is 10.7. The summed E-state index contributed by atoms with van der Waals surface area (Å²) in [5, 5.41) is 8.92. The molecule has 14 heavy (non-hydrogen) atoms. The molecule has 0 fully saturated rings. The van der Waals surface area contributed by atoms with Crippen molar-refractivity contribution in [3.8, 4) is 5.75 Å². The van der Waals surface area contributed by atoms with Crippen LogP contribution in [0.2, 0.25) is 0 Å². The molecule has 76 valence electrons. The van der Waals surface area contributed by atoms with Crippen molar-refractivity contribution in [2.24, 2.45) is 0 Å². The van der Waals surface area contributed by atoms with Crippen LogP contribution in [-0.4, -0.2) is 18.2 Å². The number of rotatable bonds is 3. The monoisotopic (exact) mass is 306 g/mol. The minimum Gasteiger partial charge on any atom is -0.496 e. The summed E-state index contributed by atoms with van der Waals surface area (Å²) in [5.41, 5.74) is 0.739. The van der Waals surface area contributed by atoms with E-state index in [0.717, 1.165) is 9.13 Å². The van der Waals surface area contributed by atoms with Gasteiger partial charge in [-0.25, -0.2) is 0 Å². The van der Waals surface area contributed by atoms with Crippen molar-refractivity contribution in [3.63, 3.8) is 0 Å². The number of carboxylic acid groups (broad SMARTS) is 1. The number of hydrogen-bond acceptors (Lipinski definition) is 2. The molecule has 0 spiro atoms. The second-order valence-corrected chi connectivity index (χ2v) is 4.08. The molecule has 0 bridgehead atoms. The Kier molecular flexibility index (Phi) is 3.74. The second-order valence-electron chi connectivity index (χ2n) is 2.92. The summed E-state index contributed by atoms with van der Waals surface area (Å²) in [6.45, 7) is 1.66. The molecule has 1 aromatic carbocycles. The number of carboxylic acids is 1. The van der Waals surface area contributed by atoms with Gasteiger partial charge in [-0.2, -0.15) is 0 Å². The van der Waals surface area contributed by atoms with Crippen LogP contribution in [0.5, 0.6) is 5.75 Å². The minimum absolute atomic E-state index is 0.543. The maximum atomic E-state index is 10.9. The van der Waals surface area contributed by atoms with Crippen LogP contribution in [-0.2, 0) is 4.79 Å². The van der Waals surface area contributed by atoms with Crippen LogP contribution in [0.4, 0.5) is 0 Å². The number of benzene rings is 1. The zero-order valence-corrected chi connectivity index (χ0v) is 10.1. The molecule has 0 heterocycles. The second kappa shape index (κ2) is 4.63. The first kappa shape index (κ1) is 11.3. The average Bonchev–Trinajstić information content (AvgIpc) is 2.16. The maximum absolute atomic E-state index is 10.9. The molecule has 1 atom stereocenters. The molecule has 4 heteroatoms. The van der Waals surface area contributed by atoms with Crippen molar-refractivity contribution in [3.05, 3.63) is 27.3 Å². The van der Waals surface area contributed by atoms with Gasteiger partial charge < -0.3 is 9.84 Å². The standard InChI is InChI=1S/C10H11IO3/c1-6(10(12)13)9-7(11)4-3-5-8(9)14-2/h3-6H,1-2H3,(H,12,13)/t6-/m0/s1. The summed E-state index contributed by atoms with van der Waals surface area (Å²) in [5.74, 6) is -0.753. The van der Waals surface area contributed by atoms with Gasteiger partial charge in [0.25, 0.3) is 0 Å². The Balaban J connectivity index is 3.23. The van der Waals surface area contributed by atoms with Crippen LogP contribution in [0.3, 0.4) is 0 Å². The fraction of sp³-hybridized carbons (Fsp3) is 0.300. The molecule has 1 N–H and O–H groups in total. The lowest BCUT2D eigenvalue weighted by atomic mass is 10.0. The number of carbonyl (C=O) groups is 1. The molecule has 0 amide bonds. The van der Waals surface area contributed by atoms with Crippen LogP contribution in [0.15, 0.2) is 18.2 Å². The van der Waals surface area contributed by atoms with Gasteiger partial charge in [0.2, 0.25) is 0 Å². The Morgan fingerprint density at radius 1 is 1.57 bits per heavy atom. The SMILES string of the molecule is COc1cccc(I)c1[C@H](C)C(=O)O. The third-order valence-electron chi connectivity index (χ3n) is 2.04. The smallest absolute Gasteiger partial charge is 0.310 e. The van der Waals surface area contributed by atoms with E-state index in [9.17, 15) is 4.79 Å². The highest BCUT2D eigenvalue weighted by Gasteiger charge is 2.20. The average molecular weight is 306 g/mol. The Morgan fingerprint density at radius 2 is 2.21 bits per heavy atom. The Labute approximate surface area is 96.2 Å². The highest BCUT2D eigenvalue weighted by atomic mass is 127. The normalized spacial score (nSPS) is 12.2. The highest BCUT2D eigenvalue weighted by molar-refractivity contribution is 14.1. The maximum Gasteiger partial charge on any atom is 0.310 e. The highest BCUT2D eigenvalue weighted by Crippen LogP contribution is 2.30. The molecule has 0 unspecified atom stereocenters. The summed E-state index contributed by atoms with van der Waals surface area (Å²) in [6.07, 6.45) is 0. The summed E-state index contributed by atoms with van der Waals surface area (Å²) in [6, 6.07) is 5.49. The van der Waals surface area contributed by atoms with Gasteiger partial charge >= 0.3 is 5.97 Å². The van der Waals surface area contributed by atoms with E-state index in [2.05, 4.69) is 22.6 Å². The van der Waals surface area contributed by atoms with Crippen LogP contribution < -0.4 is 4.74 Å². The lowest BCUT2D eigenvalue weighted by Gasteiger charge is -2.13. The van der Waals surface area contributed by atoms with Gasteiger partial charge in [0.15, 0.2) is 0 Å². The molecule has 0 saturated carbocycles. The Bertz CT molecular complexity index is 349. The first-order valence-corrected chi connectivity index (χ1v) is 5.21. The molecule has 3 nitrogen and oxygen atoms in total. The molecule has 0 saturated heterocycles. The number of aliphatic carboxylic acids is 1. The van der Waals surface area contributed by atoms with Crippen molar-refractivity contribution < 1.29 is 14.6 Å². The first-order chi connectivity index (χ1) is 6.57. The lowest BCUT2D eigenvalue weighted by molar-refractivity contribution is -0.138. The van der Waals surface area contributed by atoms with E-state index in [4.69, 9.17) is 9.84 Å². The van der Waals surface area contributed by atoms with E-state index >= 15 is 0 Å². The number of ether oxygens (including phenoxy) is 1. The van der Waals surface area contributed by atoms with Crippen molar-refractivity contribution in [1.29, 1.82) is 0 Å². The molecule has 0 aliphatic rings. The Morgan fingerprint density at radius 3 is 2.71 bits per heavy atom. The fourth-order valence-electron chi connectivity index (χ4n) is 1.24. The van der Waals surface area contributed by atoms with E-state index in [0.29, 0.717) is 5.75 Å². The van der Waals surface area contributed by atoms with Gasteiger partial charge in [0.05, 0.1) is 13.0 Å². The van der Waals surface area contributed by atoms with Gasteiger partial charge in [0, 0.05) is 9.13 Å². The Hall–Kier alpha value is -0.780. The van der Waals surface area contributed by atoms with Crippen molar-refractivity contribution >= 4 is 28.6 Å². The topological polar surface area (TPSA) is 46.5 Å². The third-order valence-corrected chi connectivity index (χ3v) is 2.98. The summed E-state index contributed by atoms with van der Waals surface area (Å²) in [4.78, 5) is 10.9. The van der Waals surface area contributed by atoms with Crippen molar-refractivity contribution in [1.82, 2.24) is 0 Å². The van der Waals surface area contributed by atoms with Gasteiger partial charge in [0.1, 0.15) is 5.75 Å². The van der Waals surface area contributed by atoms with Crippen molar-refractivity contribution in [2.75, 3.05) is 7.11 Å². The van der Waals surface area contributed by atoms with Gasteiger partial charge in [-0.05, 0) is 41.6 Å².